The largest absolute Gasteiger partial charge is 0.491 e. The van der Waals surface area contributed by atoms with Gasteiger partial charge in [-0.15, -0.1) is 0 Å². The minimum absolute atomic E-state index is 0.0712. The molecule has 1 heterocycles. The molecule has 5 heteroatoms. The van der Waals surface area contributed by atoms with E-state index in [-0.39, 0.29) is 11.9 Å². The topological polar surface area (TPSA) is 64.8 Å². The maximum Gasteiger partial charge on any atom is 0.254 e. The van der Waals surface area contributed by atoms with E-state index < -0.39 is 0 Å². The zero-order valence-electron chi connectivity index (χ0n) is 12.7. The van der Waals surface area contributed by atoms with E-state index in [1.807, 2.05) is 29.2 Å². The molecular weight excluding hydrogens is 268 g/mol. The van der Waals surface area contributed by atoms with Gasteiger partial charge in [0.2, 0.25) is 0 Å². The first-order valence-corrected chi connectivity index (χ1v) is 7.38. The molecule has 2 atom stereocenters. The highest BCUT2D eigenvalue weighted by atomic mass is 16.5. The monoisotopic (exact) mass is 292 g/mol. The van der Waals surface area contributed by atoms with Gasteiger partial charge >= 0.3 is 0 Å². The van der Waals surface area contributed by atoms with Crippen LogP contribution in [0.4, 0.5) is 0 Å². The Morgan fingerprint density at radius 2 is 2.05 bits per heavy atom. The second-order valence-corrected chi connectivity index (χ2v) is 5.51. The number of ether oxygens (including phenoxy) is 2. The zero-order chi connectivity index (χ0) is 15.2. The van der Waals surface area contributed by atoms with Gasteiger partial charge in [-0.25, -0.2) is 0 Å². The van der Waals surface area contributed by atoms with Crippen molar-refractivity contribution < 1.29 is 14.3 Å². The lowest BCUT2D eigenvalue weighted by Crippen LogP contribution is -2.34. The molecule has 0 aliphatic carbocycles. The molecule has 0 spiro atoms. The van der Waals surface area contributed by atoms with Gasteiger partial charge in [0.25, 0.3) is 5.91 Å². The molecule has 1 amide bonds. The van der Waals surface area contributed by atoms with Crippen molar-refractivity contribution in [2.24, 2.45) is 11.7 Å². The summed E-state index contributed by atoms with van der Waals surface area (Å²) in [6.45, 7) is 4.52. The van der Waals surface area contributed by atoms with Crippen LogP contribution in [0.3, 0.4) is 0 Å². The summed E-state index contributed by atoms with van der Waals surface area (Å²) in [6.07, 6.45) is 0.987. The number of nitrogens with two attached hydrogens (primary N) is 1. The average Bonchev–Trinajstić information content (AvgIpc) is 2.89. The Morgan fingerprint density at radius 3 is 2.62 bits per heavy atom. The van der Waals surface area contributed by atoms with Crippen LogP contribution in [-0.4, -0.2) is 50.3 Å². The van der Waals surface area contributed by atoms with Crippen molar-refractivity contribution >= 4 is 5.91 Å². The van der Waals surface area contributed by atoms with Gasteiger partial charge in [0.1, 0.15) is 12.4 Å². The quantitative estimate of drug-likeness (QED) is 0.807. The van der Waals surface area contributed by atoms with E-state index in [4.69, 9.17) is 15.2 Å². The van der Waals surface area contributed by atoms with Crippen LogP contribution in [0.1, 0.15) is 23.7 Å². The normalized spacial score (nSPS) is 21.6. The van der Waals surface area contributed by atoms with E-state index >= 15 is 0 Å². The van der Waals surface area contributed by atoms with Crippen molar-refractivity contribution in [2.45, 2.75) is 19.4 Å². The summed E-state index contributed by atoms with van der Waals surface area (Å²) < 4.78 is 10.4. The standard InChI is InChI=1S/C16H24N2O3/c1-12-9-13(10-17)11-18(12)16(19)14-3-5-15(6-4-14)21-8-7-20-2/h3-6,12-13H,7-11,17H2,1-2H3. The van der Waals surface area contributed by atoms with Crippen LogP contribution >= 0.6 is 0 Å². The Balaban J connectivity index is 1.96. The van der Waals surface area contributed by atoms with E-state index in [0.29, 0.717) is 31.2 Å². The van der Waals surface area contributed by atoms with Crippen molar-refractivity contribution in [2.75, 3.05) is 33.4 Å². The van der Waals surface area contributed by atoms with Crippen molar-refractivity contribution in [1.82, 2.24) is 4.90 Å². The van der Waals surface area contributed by atoms with E-state index in [2.05, 4.69) is 6.92 Å². The molecule has 0 radical (unpaired) electrons. The Morgan fingerprint density at radius 1 is 1.33 bits per heavy atom. The Bertz CT molecular complexity index is 461. The fourth-order valence-corrected chi connectivity index (χ4v) is 2.70. The molecule has 2 rings (SSSR count). The van der Waals surface area contributed by atoms with Crippen LogP contribution in [0.15, 0.2) is 24.3 Å². The minimum Gasteiger partial charge on any atom is -0.491 e. The molecule has 1 aliphatic heterocycles. The van der Waals surface area contributed by atoms with Gasteiger partial charge in [0.15, 0.2) is 0 Å². The van der Waals surface area contributed by atoms with E-state index in [1.165, 1.54) is 0 Å². The molecule has 0 aromatic heterocycles. The summed E-state index contributed by atoms with van der Waals surface area (Å²) in [7, 11) is 1.64. The smallest absolute Gasteiger partial charge is 0.254 e. The van der Waals surface area contributed by atoms with Gasteiger partial charge < -0.3 is 20.1 Å². The van der Waals surface area contributed by atoms with Crippen LogP contribution in [0.5, 0.6) is 5.75 Å². The molecule has 0 bridgehead atoms. The molecule has 1 fully saturated rings. The lowest BCUT2D eigenvalue weighted by atomic mass is 10.1. The van der Waals surface area contributed by atoms with Crippen LogP contribution in [0, 0.1) is 5.92 Å². The summed E-state index contributed by atoms with van der Waals surface area (Å²) in [5, 5.41) is 0. The summed E-state index contributed by atoms with van der Waals surface area (Å²) >= 11 is 0. The van der Waals surface area contributed by atoms with Crippen molar-refractivity contribution in [3.63, 3.8) is 0 Å². The third kappa shape index (κ3) is 3.95. The van der Waals surface area contributed by atoms with Crippen LogP contribution in [-0.2, 0) is 4.74 Å². The molecule has 1 aliphatic rings. The predicted octanol–water partition coefficient (Wildman–Crippen LogP) is 1.52. The predicted molar refractivity (Wildman–Crippen MR) is 81.5 cm³/mol. The van der Waals surface area contributed by atoms with Gasteiger partial charge in [0, 0.05) is 25.3 Å². The number of carbonyl (C=O) groups is 1. The highest BCUT2D eigenvalue weighted by molar-refractivity contribution is 5.94. The second-order valence-electron chi connectivity index (χ2n) is 5.51. The summed E-state index contributed by atoms with van der Waals surface area (Å²) in [5.41, 5.74) is 6.40. The number of amides is 1. The average molecular weight is 292 g/mol. The molecule has 0 saturated carbocycles. The third-order valence-corrected chi connectivity index (χ3v) is 3.91. The van der Waals surface area contributed by atoms with Crippen LogP contribution in [0.25, 0.3) is 0 Å². The number of nitrogens with zero attached hydrogens (tertiary/aromatic N) is 1. The minimum atomic E-state index is 0.0712. The molecular formula is C16H24N2O3. The Labute approximate surface area is 126 Å². The van der Waals surface area contributed by atoms with Gasteiger partial charge in [-0.2, -0.15) is 0 Å². The molecule has 1 saturated heterocycles. The number of hydrogen-bond acceptors (Lipinski definition) is 4. The number of likely N-dealkylation sites (tertiary alicyclic amines) is 1. The third-order valence-electron chi connectivity index (χ3n) is 3.91. The molecule has 116 valence electrons. The van der Waals surface area contributed by atoms with Gasteiger partial charge in [-0.3, -0.25) is 4.79 Å². The molecule has 2 N–H and O–H groups in total. The first-order valence-electron chi connectivity index (χ1n) is 7.38. The first kappa shape index (κ1) is 15.8. The SMILES string of the molecule is COCCOc1ccc(C(=O)N2CC(CN)CC2C)cc1. The van der Waals surface area contributed by atoms with E-state index in [9.17, 15) is 4.79 Å². The summed E-state index contributed by atoms with van der Waals surface area (Å²) in [5.74, 6) is 1.24. The summed E-state index contributed by atoms with van der Waals surface area (Å²) in [6, 6.07) is 7.53. The van der Waals surface area contributed by atoms with Gasteiger partial charge in [-0.1, -0.05) is 0 Å². The molecule has 21 heavy (non-hydrogen) atoms. The lowest BCUT2D eigenvalue weighted by molar-refractivity contribution is 0.0743. The highest BCUT2D eigenvalue weighted by Gasteiger charge is 2.31. The molecule has 5 nitrogen and oxygen atoms in total. The van der Waals surface area contributed by atoms with Crippen molar-refractivity contribution in [3.8, 4) is 5.75 Å². The van der Waals surface area contributed by atoms with E-state index in [1.54, 1.807) is 7.11 Å². The zero-order valence-corrected chi connectivity index (χ0v) is 12.7. The van der Waals surface area contributed by atoms with Gasteiger partial charge in [0.05, 0.1) is 6.61 Å². The Hall–Kier alpha value is -1.59. The molecule has 1 aromatic carbocycles. The number of hydrogen-bond donors (Lipinski definition) is 1. The van der Waals surface area contributed by atoms with Crippen LogP contribution in [0.2, 0.25) is 0 Å². The number of methoxy groups -OCH3 is 1. The fourth-order valence-electron chi connectivity index (χ4n) is 2.70. The maximum atomic E-state index is 12.5. The summed E-state index contributed by atoms with van der Waals surface area (Å²) in [4.78, 5) is 14.4. The molecule has 1 aromatic rings. The highest BCUT2D eigenvalue weighted by Crippen LogP contribution is 2.24. The number of rotatable bonds is 6. The maximum absolute atomic E-state index is 12.5. The Kier molecular flexibility index (Phi) is 5.59. The van der Waals surface area contributed by atoms with Gasteiger partial charge in [-0.05, 0) is 50.1 Å². The molecule has 2 unspecified atom stereocenters. The lowest BCUT2D eigenvalue weighted by Gasteiger charge is -2.21. The van der Waals surface area contributed by atoms with Crippen LogP contribution < -0.4 is 10.5 Å². The first-order chi connectivity index (χ1) is 10.2. The number of benzene rings is 1. The number of carbonyl (C=O) groups excluding carboxylic acids is 1. The van der Waals surface area contributed by atoms with Crippen molar-refractivity contribution in [1.29, 1.82) is 0 Å². The second kappa shape index (κ2) is 7.43. The fraction of sp³-hybridized carbons (Fsp3) is 0.562. The van der Waals surface area contributed by atoms with E-state index in [0.717, 1.165) is 18.7 Å². The van der Waals surface area contributed by atoms with Crippen molar-refractivity contribution in [3.05, 3.63) is 29.8 Å².